The number of rotatable bonds is 3. The topological polar surface area (TPSA) is 3.24 Å². The SMILES string of the molecule is CC1(C)CCCN(Cc2ccc([Si](C)(C)C)cc2)CC1. The van der Waals surface area contributed by atoms with Gasteiger partial charge in [-0.25, -0.2) is 0 Å². The van der Waals surface area contributed by atoms with Crippen LogP contribution < -0.4 is 5.19 Å². The summed E-state index contributed by atoms with van der Waals surface area (Å²) < 4.78 is 0. The highest BCUT2D eigenvalue weighted by Crippen LogP contribution is 2.30. The predicted octanol–water partition coefficient (Wildman–Crippen LogP) is 4.24. The lowest BCUT2D eigenvalue weighted by molar-refractivity contribution is 0.256. The van der Waals surface area contributed by atoms with Gasteiger partial charge in [-0.1, -0.05) is 62.9 Å². The molecule has 1 saturated heterocycles. The number of benzene rings is 1. The Morgan fingerprint density at radius 1 is 1.00 bits per heavy atom. The van der Waals surface area contributed by atoms with Crippen molar-refractivity contribution in [3.63, 3.8) is 0 Å². The van der Waals surface area contributed by atoms with Crippen LogP contribution in [0.4, 0.5) is 0 Å². The van der Waals surface area contributed by atoms with Crippen molar-refractivity contribution in [2.24, 2.45) is 5.41 Å². The van der Waals surface area contributed by atoms with Crippen molar-refractivity contribution in [3.8, 4) is 0 Å². The zero-order chi connectivity index (χ0) is 14.8. The summed E-state index contributed by atoms with van der Waals surface area (Å²) in [6, 6.07) is 9.43. The van der Waals surface area contributed by atoms with Gasteiger partial charge < -0.3 is 0 Å². The Morgan fingerprint density at radius 2 is 1.65 bits per heavy atom. The van der Waals surface area contributed by atoms with Crippen molar-refractivity contribution in [2.75, 3.05) is 13.1 Å². The van der Waals surface area contributed by atoms with Crippen LogP contribution in [-0.2, 0) is 6.54 Å². The lowest BCUT2D eigenvalue weighted by Crippen LogP contribution is -2.37. The number of likely N-dealkylation sites (tertiary alicyclic amines) is 1. The molecule has 0 bridgehead atoms. The molecule has 0 aromatic heterocycles. The molecule has 0 saturated carbocycles. The lowest BCUT2D eigenvalue weighted by Gasteiger charge is -2.23. The standard InChI is InChI=1S/C18H31NSi/c1-18(2)11-6-13-19(14-12-18)15-16-7-9-17(10-8-16)20(3,4)5/h7-10H,6,11-15H2,1-5H3. The molecular formula is C18H31NSi. The van der Waals surface area contributed by atoms with Gasteiger partial charge in [-0.15, -0.1) is 0 Å². The molecule has 0 atom stereocenters. The minimum Gasteiger partial charge on any atom is -0.299 e. The molecule has 2 rings (SSSR count). The van der Waals surface area contributed by atoms with Crippen LogP contribution in [0.2, 0.25) is 19.6 Å². The van der Waals surface area contributed by atoms with Crippen LogP contribution in [0.3, 0.4) is 0 Å². The molecule has 1 aromatic carbocycles. The molecule has 0 amide bonds. The fraction of sp³-hybridized carbons (Fsp3) is 0.667. The predicted molar refractivity (Wildman–Crippen MR) is 92.3 cm³/mol. The van der Waals surface area contributed by atoms with Gasteiger partial charge in [0.05, 0.1) is 8.07 Å². The first-order chi connectivity index (χ1) is 9.26. The van der Waals surface area contributed by atoms with E-state index in [9.17, 15) is 0 Å². The summed E-state index contributed by atoms with van der Waals surface area (Å²) in [6.07, 6.45) is 4.05. The van der Waals surface area contributed by atoms with Gasteiger partial charge in [0.25, 0.3) is 0 Å². The number of hydrogen-bond acceptors (Lipinski definition) is 1. The Balaban J connectivity index is 1.96. The van der Waals surface area contributed by atoms with Gasteiger partial charge in [0, 0.05) is 6.54 Å². The Bertz CT molecular complexity index is 428. The van der Waals surface area contributed by atoms with E-state index in [0.717, 1.165) is 6.54 Å². The summed E-state index contributed by atoms with van der Waals surface area (Å²) in [5.41, 5.74) is 2.02. The number of nitrogens with zero attached hydrogens (tertiary/aromatic N) is 1. The van der Waals surface area contributed by atoms with Gasteiger partial charge in [-0.2, -0.15) is 0 Å². The first-order valence-corrected chi connectivity index (χ1v) is 11.6. The molecule has 112 valence electrons. The molecule has 1 aliphatic rings. The van der Waals surface area contributed by atoms with E-state index in [1.165, 1.54) is 37.9 Å². The van der Waals surface area contributed by atoms with E-state index in [2.05, 4.69) is 62.7 Å². The maximum Gasteiger partial charge on any atom is 0.0775 e. The smallest absolute Gasteiger partial charge is 0.0775 e. The quantitative estimate of drug-likeness (QED) is 0.752. The van der Waals surface area contributed by atoms with Crippen molar-refractivity contribution in [3.05, 3.63) is 29.8 Å². The maximum atomic E-state index is 2.64. The largest absolute Gasteiger partial charge is 0.299 e. The van der Waals surface area contributed by atoms with Crippen LogP contribution in [-0.4, -0.2) is 26.1 Å². The summed E-state index contributed by atoms with van der Waals surface area (Å²) in [5.74, 6) is 0. The van der Waals surface area contributed by atoms with E-state index in [-0.39, 0.29) is 0 Å². The van der Waals surface area contributed by atoms with Crippen molar-refractivity contribution >= 4 is 13.3 Å². The van der Waals surface area contributed by atoms with Gasteiger partial charge >= 0.3 is 0 Å². The van der Waals surface area contributed by atoms with E-state index in [4.69, 9.17) is 0 Å². The van der Waals surface area contributed by atoms with E-state index in [1.807, 2.05) is 0 Å². The van der Waals surface area contributed by atoms with Crippen molar-refractivity contribution in [2.45, 2.75) is 59.3 Å². The zero-order valence-corrected chi connectivity index (χ0v) is 15.0. The van der Waals surface area contributed by atoms with Gasteiger partial charge in [0.2, 0.25) is 0 Å². The first-order valence-electron chi connectivity index (χ1n) is 8.08. The highest BCUT2D eigenvalue weighted by atomic mass is 28.3. The molecule has 0 spiro atoms. The van der Waals surface area contributed by atoms with E-state index in [0.29, 0.717) is 5.41 Å². The van der Waals surface area contributed by atoms with E-state index >= 15 is 0 Å². The van der Waals surface area contributed by atoms with Crippen LogP contribution in [0, 0.1) is 5.41 Å². The molecule has 1 nitrogen and oxygen atoms in total. The van der Waals surface area contributed by atoms with Gasteiger partial charge in [0.1, 0.15) is 0 Å². The third-order valence-corrected chi connectivity index (χ3v) is 6.72. The van der Waals surface area contributed by atoms with Crippen LogP contribution in [0.15, 0.2) is 24.3 Å². The monoisotopic (exact) mass is 289 g/mol. The summed E-state index contributed by atoms with van der Waals surface area (Å²) >= 11 is 0. The second kappa shape index (κ2) is 6.03. The lowest BCUT2D eigenvalue weighted by atomic mass is 9.85. The van der Waals surface area contributed by atoms with Crippen LogP contribution in [0.1, 0.15) is 38.7 Å². The molecule has 0 radical (unpaired) electrons. The molecule has 0 N–H and O–H groups in total. The highest BCUT2D eigenvalue weighted by Gasteiger charge is 2.23. The average molecular weight is 290 g/mol. The average Bonchev–Trinajstić information content (AvgIpc) is 2.51. The van der Waals surface area contributed by atoms with Gasteiger partial charge in [0.15, 0.2) is 0 Å². The van der Waals surface area contributed by atoms with Crippen molar-refractivity contribution in [1.82, 2.24) is 4.90 Å². The fourth-order valence-corrected chi connectivity index (χ4v) is 4.17. The molecule has 0 unspecified atom stereocenters. The third-order valence-electron chi connectivity index (χ3n) is 4.66. The summed E-state index contributed by atoms with van der Waals surface area (Å²) in [6.45, 7) is 15.7. The Morgan fingerprint density at radius 3 is 2.25 bits per heavy atom. The van der Waals surface area contributed by atoms with Crippen LogP contribution in [0.25, 0.3) is 0 Å². The molecule has 1 aromatic rings. The Kier molecular flexibility index (Phi) is 4.75. The normalized spacial score (nSPS) is 20.6. The summed E-state index contributed by atoms with van der Waals surface area (Å²) in [7, 11) is -1.15. The molecule has 2 heteroatoms. The van der Waals surface area contributed by atoms with Crippen LogP contribution >= 0.6 is 0 Å². The molecule has 1 fully saturated rings. The maximum absolute atomic E-state index is 2.64. The number of hydrogen-bond donors (Lipinski definition) is 0. The summed E-state index contributed by atoms with van der Waals surface area (Å²) in [4.78, 5) is 2.64. The third kappa shape index (κ3) is 4.46. The molecule has 20 heavy (non-hydrogen) atoms. The second-order valence-electron chi connectivity index (χ2n) is 8.24. The molecule has 0 aliphatic carbocycles. The Labute approximate surface area is 126 Å². The minimum absolute atomic E-state index is 0.538. The van der Waals surface area contributed by atoms with Crippen molar-refractivity contribution < 1.29 is 0 Å². The highest BCUT2D eigenvalue weighted by molar-refractivity contribution is 6.88. The minimum atomic E-state index is -1.15. The van der Waals surface area contributed by atoms with Gasteiger partial charge in [-0.3, -0.25) is 4.90 Å². The molecule has 1 heterocycles. The first kappa shape index (κ1) is 15.8. The second-order valence-corrected chi connectivity index (χ2v) is 13.3. The van der Waals surface area contributed by atoms with Crippen molar-refractivity contribution in [1.29, 1.82) is 0 Å². The van der Waals surface area contributed by atoms with E-state index < -0.39 is 8.07 Å². The zero-order valence-electron chi connectivity index (χ0n) is 14.0. The van der Waals surface area contributed by atoms with E-state index in [1.54, 1.807) is 5.19 Å². The summed E-state index contributed by atoms with van der Waals surface area (Å²) in [5, 5.41) is 1.57. The fourth-order valence-electron chi connectivity index (χ4n) is 3.01. The van der Waals surface area contributed by atoms with Gasteiger partial charge in [-0.05, 0) is 43.3 Å². The van der Waals surface area contributed by atoms with Crippen LogP contribution in [0.5, 0.6) is 0 Å². The molecule has 1 aliphatic heterocycles. The molecular weight excluding hydrogens is 258 g/mol. The Hall–Kier alpha value is -0.603.